The van der Waals surface area contributed by atoms with Crippen molar-refractivity contribution >= 4 is 203 Å². The first-order valence-electron chi connectivity index (χ1n) is 38.7. The molecule has 133 heavy (non-hydrogen) atoms. The van der Waals surface area contributed by atoms with Gasteiger partial charge in [0.05, 0.1) is 49.3 Å². The molecule has 7 aliphatic rings. The summed E-state index contributed by atoms with van der Waals surface area (Å²) in [5, 5.41) is 37.1. The maximum atomic E-state index is 12.8. The number of nitrogens with one attached hydrogen (secondary N) is 2. The number of terminal acetylenes is 1. The van der Waals surface area contributed by atoms with Crippen LogP contribution in [0.3, 0.4) is 0 Å². The molecule has 0 bridgehead atoms. The van der Waals surface area contributed by atoms with Gasteiger partial charge in [0.15, 0.2) is 0 Å². The third-order valence-corrected chi connectivity index (χ3v) is 22.4. The van der Waals surface area contributed by atoms with Crippen molar-refractivity contribution in [2.24, 2.45) is 11.8 Å². The summed E-state index contributed by atoms with van der Waals surface area (Å²) in [6, 6.07) is 61.4. The maximum absolute atomic E-state index is 12.8. The minimum atomic E-state index is -3.53. The van der Waals surface area contributed by atoms with Gasteiger partial charge in [-0.1, -0.05) is 151 Å². The Morgan fingerprint density at radius 3 is 1.39 bits per heavy atom. The first-order valence-corrected chi connectivity index (χ1v) is 49.8. The van der Waals surface area contributed by atoms with Crippen molar-refractivity contribution in [2.75, 3.05) is 25.9 Å². The third kappa shape index (κ3) is 40.2. The molecule has 19 rings (SSSR count). The van der Waals surface area contributed by atoms with Gasteiger partial charge in [0.2, 0.25) is 11.8 Å². The summed E-state index contributed by atoms with van der Waals surface area (Å²) in [5.74, 6) is 13.9. The number of hydrogen-bond donors (Lipinski definition) is 6. The summed E-state index contributed by atoms with van der Waals surface area (Å²) in [6.07, 6.45) is 15.1. The Bertz CT molecular complexity index is 6650. The van der Waals surface area contributed by atoms with Crippen LogP contribution in [0.1, 0.15) is 126 Å². The fourth-order valence-corrected chi connectivity index (χ4v) is 15.3. The number of nitrogens with zero attached hydrogens (tertiary/aromatic N) is 8. The van der Waals surface area contributed by atoms with Crippen LogP contribution in [-0.2, 0) is 80.2 Å². The zero-order valence-electron chi connectivity index (χ0n) is 71.7. The van der Waals surface area contributed by atoms with Crippen LogP contribution in [0.25, 0.3) is 32.7 Å². The Morgan fingerprint density at radius 1 is 0.586 bits per heavy atom. The number of aromatic nitrogens is 8. The van der Waals surface area contributed by atoms with E-state index in [0.29, 0.717) is 77.8 Å². The molecule has 7 atom stereocenters. The molecule has 7 unspecified atom stereocenters. The predicted molar refractivity (Wildman–Crippen MR) is 508 cm³/mol. The molecule has 2 aliphatic carbocycles. The number of anilines is 1. The summed E-state index contributed by atoms with van der Waals surface area (Å²) in [4.78, 5) is 103. The van der Waals surface area contributed by atoms with Gasteiger partial charge in [0, 0.05) is 131 Å². The van der Waals surface area contributed by atoms with Crippen molar-refractivity contribution in [3.63, 3.8) is 0 Å². The van der Waals surface area contributed by atoms with Crippen molar-refractivity contribution in [2.45, 2.75) is 106 Å². The summed E-state index contributed by atoms with van der Waals surface area (Å²) in [7, 11) is -3.72. The Hall–Kier alpha value is -7.48. The molecule has 692 valence electrons. The maximum Gasteiger partial charge on any atom is 1.00 e. The molecule has 0 radical (unpaired) electrons. The number of benzene rings is 7. The number of aliphatic hydroxyl groups excluding tert-OH is 2. The van der Waals surface area contributed by atoms with Gasteiger partial charge >= 0.3 is 135 Å². The minimum absolute atomic E-state index is 0. The molecule has 2 saturated carbocycles. The van der Waals surface area contributed by atoms with Crippen molar-refractivity contribution in [1.82, 2.24) is 49.3 Å². The SMILES string of the molecule is C#Cc1ccccn1.CO.Cl.Nc1cc(Br)ccc1C(=O)O.O=C1CCC(O)CN1.O=C1CCC(c2ccccc2)CN1.O=CO[O-].O=P(Cl)(Cl)Cl.O=S(=O)(Cl)c1ccccc1.O=S(=O)=O.O=S(=O)=O.O=c1c2ccc(Br)cc2nc2n1CC(c1ccccc1)CC2.O=c1c2ccc(Br)cc2nc2n1CC1CC21.O=c1c2ccc(C#Cc3ccccn3)cc2nc2n1CC1CC21.[H-].[K+].[K+]. The number of carboxylic acid groups (broad SMARTS) is 1. The van der Waals surface area contributed by atoms with E-state index in [1.54, 1.807) is 48.8 Å². The van der Waals surface area contributed by atoms with Gasteiger partial charge < -0.3 is 43.3 Å². The average molecular weight is 2240 g/mol. The summed E-state index contributed by atoms with van der Waals surface area (Å²) >= 11 is 23.9. The van der Waals surface area contributed by atoms with Gasteiger partial charge in [-0.3, -0.25) is 47.0 Å². The second kappa shape index (κ2) is 59.6. The largest absolute Gasteiger partial charge is 1.00 e. The first kappa shape index (κ1) is 118. The summed E-state index contributed by atoms with van der Waals surface area (Å²) in [6.45, 7) is 3.47. The molecule has 2 amide bonds. The number of hydrogen-bond acceptors (Lipinski definition) is 26. The number of rotatable bonds is 5. The number of carbonyl (C=O) groups is 4. The van der Waals surface area contributed by atoms with Crippen LogP contribution in [0.5, 0.6) is 0 Å². The molecular weight excluding hydrogens is 2160 g/mol. The minimum Gasteiger partial charge on any atom is -1.00 e. The average Bonchev–Trinajstić information content (AvgIpc) is 1.57. The molecule has 7 N–H and O–H groups in total. The van der Waals surface area contributed by atoms with Gasteiger partial charge in [-0.05, 0) is 204 Å². The fraction of sp³-hybridized carbons (Fsp3) is 0.241. The Kier molecular flexibility index (Phi) is 52.8. The zero-order chi connectivity index (χ0) is 95.4. The van der Waals surface area contributed by atoms with Gasteiger partial charge in [-0.2, -0.15) is 0 Å². The van der Waals surface area contributed by atoms with Crippen molar-refractivity contribution in [3.8, 4) is 24.2 Å². The van der Waals surface area contributed by atoms with Crippen LogP contribution < -0.4 is 141 Å². The molecule has 2 saturated heterocycles. The normalized spacial score (nSPS) is 16.6. The van der Waals surface area contributed by atoms with Crippen molar-refractivity contribution in [1.29, 1.82) is 0 Å². The standard InChI is InChI=1S/C19H13N3O.C18H15BrN2O.C12H9BrN2O.C11H13NO.C7H6BrNO2.C7H5N.C6H5ClO2S.C5H9NO2.CH2O3.CH4O.Cl3OP.ClH.2K.2O3S.H/c23-19-15-7-5-12(4-6-14-3-1-2-8-20-14)9-17(15)21-18-16-10-13(16)11-22(18)19;19-14-7-8-15-16(10-14)20-17-9-6-13(11-21(17)18(15)22)12-4-2-1-3-5-12;13-7-1-2-8-10(4-7)14-11-9-3-6(9)5-15(11)12(8)16;13-11-7-6-10(8-12-11)9-4-2-1-3-5-9;8-4-1-2-5(7(10)11)6(9)3-4;1-2-7-5-3-4-6-8-7;7-10(8,9)6-4-2-1-3-5-6;7-4-1-2-5(8)6-3-4;2-1-4-3;1-2;1-5(2,3)4;;;;2*1-4(2)3;/h1-3,5,7-9,13,16H,10-11H2;1-5,7-8,10,13H,6,9,11H2;1-2,4,6,9H,3,5H2;1-5,10H,6-8H2,(H,12,13);1-3H,9H2,(H,10,11);1,3-6H;1-5H;4,7H,1-3H2,(H,6,8);1,3H;2H,1H3;;1H;;;;;/q;;;;;;;;;;;;2*+1;;;-1/p-1. The fourth-order valence-electron chi connectivity index (χ4n) is 13.5. The number of pyridine rings is 2. The molecule has 5 aromatic heterocycles. The quantitative estimate of drug-likeness (QED) is 0.0145. The van der Waals surface area contributed by atoms with E-state index in [1.807, 2.05) is 123 Å². The van der Waals surface area contributed by atoms with Gasteiger partial charge in [0.25, 0.3) is 32.2 Å². The number of amides is 2. The van der Waals surface area contributed by atoms with Crippen LogP contribution in [0.4, 0.5) is 5.69 Å². The zero-order valence-corrected chi connectivity index (χ0v) is 88.9. The number of β-amino-alcohol motifs (C(OH)–C–C–N with tert-alkyl or cyclic N) is 1. The predicted octanol–water partition coefficient (Wildman–Crippen LogP) is 7.21. The van der Waals surface area contributed by atoms with Crippen LogP contribution in [0.15, 0.2) is 245 Å². The number of carboxylic acids is 1. The molecule has 4 fully saturated rings. The van der Waals surface area contributed by atoms with E-state index >= 15 is 0 Å². The number of aryl methyl sites for hydroxylation is 1. The Labute approximate surface area is 903 Å². The van der Waals surface area contributed by atoms with Gasteiger partial charge in [-0.15, -0.1) is 44.1 Å². The molecule has 0 spiro atoms. The first-order chi connectivity index (χ1) is 61.9. The molecule has 32 nitrogen and oxygen atoms in total. The number of fused-ring (bicyclic) bond motifs is 10. The van der Waals surface area contributed by atoms with Crippen molar-refractivity contribution in [3.05, 3.63) is 308 Å². The number of nitrogens with two attached hydrogens (primary N) is 1. The van der Waals surface area contributed by atoms with E-state index in [0.717, 1.165) is 117 Å². The van der Waals surface area contributed by atoms with Crippen molar-refractivity contribution < 1.29 is 187 Å². The van der Waals surface area contributed by atoms with E-state index in [2.05, 4.69) is 166 Å². The molecule has 10 heterocycles. The van der Waals surface area contributed by atoms with Crippen LogP contribution in [0, 0.1) is 36.0 Å². The van der Waals surface area contributed by atoms with Gasteiger partial charge in [0.1, 0.15) is 28.9 Å². The topological polar surface area (TPSA) is 495 Å². The van der Waals surface area contributed by atoms with Gasteiger partial charge in [-0.25, -0.2) is 38.1 Å². The van der Waals surface area contributed by atoms with Crippen LogP contribution in [0.2, 0.25) is 0 Å². The van der Waals surface area contributed by atoms with Crippen LogP contribution >= 0.6 is 110 Å². The smallest absolute Gasteiger partial charge is 1.00 e. The number of aliphatic hydroxyl groups is 2. The molecule has 46 heteroatoms. The third-order valence-electron chi connectivity index (χ3n) is 19.6. The van der Waals surface area contributed by atoms with E-state index in [-0.39, 0.29) is 174 Å². The van der Waals surface area contributed by atoms with E-state index in [4.69, 9.17) is 83.4 Å². The Morgan fingerprint density at radius 2 is 0.992 bits per heavy atom. The second-order valence-electron chi connectivity index (χ2n) is 28.2. The van der Waals surface area contributed by atoms with E-state index in [9.17, 15) is 41.8 Å². The molecule has 12 aromatic rings. The Balaban J connectivity index is 0.000000390. The number of aromatic carboxylic acids is 1. The number of carbonyl (C=O) groups excluding carboxylic acids is 3. The summed E-state index contributed by atoms with van der Waals surface area (Å²) in [5.41, 5.74) is 13.4. The van der Waals surface area contributed by atoms with E-state index in [1.165, 1.54) is 42.2 Å². The van der Waals surface area contributed by atoms with Crippen LogP contribution in [-0.4, -0.2) is 138 Å². The second-order valence-corrected chi connectivity index (χ2v) is 40.9. The number of piperidine rings is 2. The monoisotopic (exact) mass is 2230 g/mol. The molecule has 7 aromatic carbocycles. The van der Waals surface area contributed by atoms with E-state index < -0.39 is 41.4 Å². The number of nitrogen functional groups attached to an aromatic ring is 1. The number of halogens is 8. The molecular formula is C87H82Br3Cl5K2N11O21PS3. The molecule has 5 aliphatic heterocycles. The summed E-state index contributed by atoms with van der Waals surface area (Å²) < 4.78 is 89.6.